The predicted octanol–water partition coefficient (Wildman–Crippen LogP) is 3.46. The molecule has 2 fully saturated rings. The molecule has 0 radical (unpaired) electrons. The van der Waals surface area contributed by atoms with Gasteiger partial charge in [-0.05, 0) is 49.3 Å². The molecule has 0 unspecified atom stereocenters. The summed E-state index contributed by atoms with van der Waals surface area (Å²) in [7, 11) is 0. The highest BCUT2D eigenvalue weighted by molar-refractivity contribution is 5.94. The average Bonchev–Trinajstić information content (AvgIpc) is 3.07. The highest BCUT2D eigenvalue weighted by Gasteiger charge is 2.42. The lowest BCUT2D eigenvalue weighted by Gasteiger charge is -2.39. The van der Waals surface area contributed by atoms with E-state index in [0.717, 1.165) is 24.0 Å². The number of hydrogen-bond donors (Lipinski definition) is 1. The van der Waals surface area contributed by atoms with E-state index in [1.165, 1.54) is 6.42 Å². The summed E-state index contributed by atoms with van der Waals surface area (Å²) in [6, 6.07) is 5.87. The van der Waals surface area contributed by atoms with Gasteiger partial charge in [-0.2, -0.15) is 0 Å². The van der Waals surface area contributed by atoms with E-state index in [4.69, 9.17) is 4.74 Å². The SMILES string of the molecule is Cc1cccc(NC(=O)COC(=O)[C@H]2CC(=O)N([C@H]3CCC[C@H](C)[C@@H]3C)C2)c1C. The molecule has 0 bridgehead atoms. The molecule has 1 aromatic carbocycles. The smallest absolute Gasteiger partial charge is 0.311 e. The maximum absolute atomic E-state index is 12.5. The van der Waals surface area contributed by atoms with Gasteiger partial charge >= 0.3 is 5.97 Å². The first-order chi connectivity index (χ1) is 13.8. The fraction of sp³-hybridized carbons (Fsp3) is 0.609. The van der Waals surface area contributed by atoms with Gasteiger partial charge in [0.15, 0.2) is 6.61 Å². The fourth-order valence-electron chi connectivity index (χ4n) is 4.53. The minimum absolute atomic E-state index is 0.0257. The summed E-state index contributed by atoms with van der Waals surface area (Å²) in [6.45, 7) is 8.40. The van der Waals surface area contributed by atoms with Gasteiger partial charge in [0.05, 0.1) is 5.92 Å². The first-order valence-corrected chi connectivity index (χ1v) is 10.6. The van der Waals surface area contributed by atoms with Gasteiger partial charge in [0.2, 0.25) is 5.91 Å². The van der Waals surface area contributed by atoms with Gasteiger partial charge < -0.3 is 15.0 Å². The van der Waals surface area contributed by atoms with Gasteiger partial charge in [-0.15, -0.1) is 0 Å². The molecule has 0 spiro atoms. The zero-order chi connectivity index (χ0) is 21.1. The van der Waals surface area contributed by atoms with Crippen LogP contribution in [0.15, 0.2) is 18.2 Å². The zero-order valence-electron chi connectivity index (χ0n) is 17.9. The molecule has 1 aromatic rings. The number of rotatable bonds is 5. The molecule has 1 saturated carbocycles. The number of benzene rings is 1. The first-order valence-electron chi connectivity index (χ1n) is 10.6. The van der Waals surface area contributed by atoms with Crippen molar-refractivity contribution in [3.05, 3.63) is 29.3 Å². The summed E-state index contributed by atoms with van der Waals surface area (Å²) in [4.78, 5) is 39.1. The molecule has 1 saturated heterocycles. The number of ether oxygens (including phenoxy) is 1. The lowest BCUT2D eigenvalue weighted by Crippen LogP contribution is -2.45. The van der Waals surface area contributed by atoms with Crippen molar-refractivity contribution < 1.29 is 19.1 Å². The van der Waals surface area contributed by atoms with Gasteiger partial charge in [0.1, 0.15) is 0 Å². The van der Waals surface area contributed by atoms with Gasteiger partial charge in [-0.25, -0.2) is 0 Å². The van der Waals surface area contributed by atoms with Crippen molar-refractivity contribution in [3.8, 4) is 0 Å². The van der Waals surface area contributed by atoms with E-state index in [9.17, 15) is 14.4 Å². The van der Waals surface area contributed by atoms with Crippen molar-refractivity contribution in [2.45, 2.75) is 59.4 Å². The summed E-state index contributed by atoms with van der Waals surface area (Å²) < 4.78 is 5.23. The summed E-state index contributed by atoms with van der Waals surface area (Å²) in [6.07, 6.45) is 3.49. The molecule has 6 nitrogen and oxygen atoms in total. The maximum atomic E-state index is 12.5. The van der Waals surface area contributed by atoms with Crippen LogP contribution in [0.2, 0.25) is 0 Å². The second-order valence-corrected chi connectivity index (χ2v) is 8.69. The number of nitrogens with zero attached hydrogens (tertiary/aromatic N) is 1. The van der Waals surface area contributed by atoms with Gasteiger partial charge in [0.25, 0.3) is 5.91 Å². The largest absolute Gasteiger partial charge is 0.455 e. The standard InChI is InChI=1S/C23H32N2O4/c1-14-7-5-9-19(16(14)3)24-21(26)13-29-23(28)18-11-22(27)25(12-18)20-10-6-8-15(2)17(20)4/h5,7,9,15,17-18,20H,6,8,10-13H2,1-4H3,(H,24,26)/t15-,17-,18-,20-/m0/s1. The Bertz CT molecular complexity index is 791. The Morgan fingerprint density at radius 2 is 1.97 bits per heavy atom. The molecule has 1 aliphatic heterocycles. The fourth-order valence-corrected chi connectivity index (χ4v) is 4.53. The quantitative estimate of drug-likeness (QED) is 0.768. The predicted molar refractivity (Wildman–Crippen MR) is 111 cm³/mol. The third-order valence-electron chi connectivity index (χ3n) is 6.78. The summed E-state index contributed by atoms with van der Waals surface area (Å²) in [5.74, 6) is -0.276. The van der Waals surface area contributed by atoms with E-state index < -0.39 is 11.9 Å². The Balaban J connectivity index is 1.51. The van der Waals surface area contributed by atoms with E-state index in [-0.39, 0.29) is 30.9 Å². The molecule has 6 heteroatoms. The highest BCUT2D eigenvalue weighted by Crippen LogP contribution is 2.35. The van der Waals surface area contributed by atoms with E-state index in [0.29, 0.717) is 24.1 Å². The Morgan fingerprint density at radius 1 is 1.21 bits per heavy atom. The molecule has 2 amide bonds. The molecular weight excluding hydrogens is 368 g/mol. The van der Waals surface area contributed by atoms with Gasteiger partial charge in [-0.3, -0.25) is 14.4 Å². The van der Waals surface area contributed by atoms with Crippen molar-refractivity contribution in [2.75, 3.05) is 18.5 Å². The minimum atomic E-state index is -0.486. The van der Waals surface area contributed by atoms with Crippen molar-refractivity contribution in [2.24, 2.45) is 17.8 Å². The molecule has 1 aliphatic carbocycles. The summed E-state index contributed by atoms with van der Waals surface area (Å²) in [5.41, 5.74) is 2.78. The van der Waals surface area contributed by atoms with E-state index >= 15 is 0 Å². The summed E-state index contributed by atoms with van der Waals surface area (Å²) in [5, 5.41) is 2.78. The van der Waals surface area contributed by atoms with Gasteiger partial charge in [0, 0.05) is 24.7 Å². The second-order valence-electron chi connectivity index (χ2n) is 8.69. The first kappa shape index (κ1) is 21.3. The number of amides is 2. The summed E-state index contributed by atoms with van der Waals surface area (Å²) >= 11 is 0. The van der Waals surface area contributed by atoms with Crippen molar-refractivity contribution in [3.63, 3.8) is 0 Å². The van der Waals surface area contributed by atoms with E-state index in [2.05, 4.69) is 19.2 Å². The molecule has 0 aromatic heterocycles. The van der Waals surface area contributed by atoms with Crippen LogP contribution in [0.1, 0.15) is 50.7 Å². The Hall–Kier alpha value is -2.37. The lowest BCUT2D eigenvalue weighted by atomic mass is 9.77. The van der Waals surface area contributed by atoms with Crippen LogP contribution < -0.4 is 5.32 Å². The van der Waals surface area contributed by atoms with E-state index in [1.54, 1.807) is 0 Å². The molecule has 4 atom stereocenters. The Labute approximate surface area is 173 Å². The normalized spacial score (nSPS) is 27.0. The second kappa shape index (κ2) is 8.97. The van der Waals surface area contributed by atoms with Crippen LogP contribution in [-0.4, -0.2) is 41.9 Å². The molecule has 29 heavy (non-hydrogen) atoms. The van der Waals surface area contributed by atoms with E-state index in [1.807, 2.05) is 36.9 Å². The monoisotopic (exact) mass is 400 g/mol. The maximum Gasteiger partial charge on any atom is 0.311 e. The van der Waals surface area contributed by atoms with Gasteiger partial charge in [-0.1, -0.05) is 38.8 Å². The number of aryl methyl sites for hydroxylation is 1. The van der Waals surface area contributed by atoms with Crippen LogP contribution in [0.5, 0.6) is 0 Å². The Morgan fingerprint density at radius 3 is 2.72 bits per heavy atom. The van der Waals surface area contributed by atoms with Crippen LogP contribution in [0.4, 0.5) is 5.69 Å². The molecule has 1 N–H and O–H groups in total. The highest BCUT2D eigenvalue weighted by atomic mass is 16.5. The molecule has 1 heterocycles. The molecule has 158 valence electrons. The van der Waals surface area contributed by atoms with Crippen molar-refractivity contribution >= 4 is 23.5 Å². The molecule has 2 aliphatic rings. The van der Waals surface area contributed by atoms with Crippen LogP contribution >= 0.6 is 0 Å². The minimum Gasteiger partial charge on any atom is -0.455 e. The van der Waals surface area contributed by atoms with Crippen LogP contribution in [0.25, 0.3) is 0 Å². The van der Waals surface area contributed by atoms with Crippen molar-refractivity contribution in [1.82, 2.24) is 4.90 Å². The number of carbonyl (C=O) groups is 3. The number of anilines is 1. The average molecular weight is 401 g/mol. The number of hydrogen-bond acceptors (Lipinski definition) is 4. The van der Waals surface area contributed by atoms with Crippen molar-refractivity contribution in [1.29, 1.82) is 0 Å². The Kier molecular flexibility index (Phi) is 6.60. The number of esters is 1. The zero-order valence-corrected chi connectivity index (χ0v) is 17.9. The number of likely N-dealkylation sites (tertiary alicyclic amines) is 1. The molecule has 3 rings (SSSR count). The number of carbonyl (C=O) groups excluding carboxylic acids is 3. The lowest BCUT2D eigenvalue weighted by molar-refractivity contribution is -0.151. The third kappa shape index (κ3) is 4.80. The van der Waals surface area contributed by atoms with Crippen LogP contribution in [0, 0.1) is 31.6 Å². The number of nitrogens with one attached hydrogen (secondary N) is 1. The third-order valence-corrected chi connectivity index (χ3v) is 6.78. The molecular formula is C23H32N2O4. The van der Waals surface area contributed by atoms with Crippen LogP contribution in [-0.2, 0) is 19.1 Å². The van der Waals surface area contributed by atoms with Crippen LogP contribution in [0.3, 0.4) is 0 Å². The topological polar surface area (TPSA) is 75.7 Å².